The lowest BCUT2D eigenvalue weighted by atomic mass is 9.99. The molecule has 146 valence electrons. The zero-order valence-electron chi connectivity index (χ0n) is 16.2. The second kappa shape index (κ2) is 7.54. The summed E-state index contributed by atoms with van der Waals surface area (Å²) in [5.41, 5.74) is 3.45. The normalized spacial score (nSPS) is 18.4. The van der Waals surface area contributed by atoms with E-state index in [0.29, 0.717) is 24.9 Å². The maximum Gasteiger partial charge on any atom is 0.254 e. The number of aryl methyl sites for hydroxylation is 1. The largest absolute Gasteiger partial charge is 0.497 e. The zero-order chi connectivity index (χ0) is 19.7. The van der Waals surface area contributed by atoms with E-state index in [9.17, 15) is 9.59 Å². The van der Waals surface area contributed by atoms with E-state index in [1.807, 2.05) is 35.2 Å². The van der Waals surface area contributed by atoms with Crippen LogP contribution in [0.2, 0.25) is 0 Å². The highest BCUT2D eigenvalue weighted by Crippen LogP contribution is 2.39. The van der Waals surface area contributed by atoms with Crippen molar-refractivity contribution in [2.45, 2.75) is 31.7 Å². The van der Waals surface area contributed by atoms with Gasteiger partial charge in [0.2, 0.25) is 5.91 Å². The van der Waals surface area contributed by atoms with Crippen LogP contribution in [-0.2, 0) is 11.2 Å². The molecule has 2 heterocycles. The molecule has 1 atom stereocenters. The van der Waals surface area contributed by atoms with Crippen molar-refractivity contribution in [1.82, 2.24) is 4.90 Å². The molecule has 0 bridgehead atoms. The van der Waals surface area contributed by atoms with Gasteiger partial charge in [0.25, 0.3) is 5.91 Å². The van der Waals surface area contributed by atoms with Gasteiger partial charge >= 0.3 is 0 Å². The molecule has 4 rings (SSSR count). The Labute approximate surface area is 164 Å². The van der Waals surface area contributed by atoms with Crippen LogP contribution in [0, 0.1) is 0 Å². The fourth-order valence-corrected chi connectivity index (χ4v) is 4.12. The maximum absolute atomic E-state index is 13.3. The van der Waals surface area contributed by atoms with Crippen molar-refractivity contribution < 1.29 is 19.1 Å². The third kappa shape index (κ3) is 3.30. The number of fused-ring (bicyclic) bond motifs is 1. The maximum atomic E-state index is 13.3. The zero-order valence-corrected chi connectivity index (χ0v) is 16.2. The van der Waals surface area contributed by atoms with E-state index in [-0.39, 0.29) is 17.9 Å². The summed E-state index contributed by atoms with van der Waals surface area (Å²) in [4.78, 5) is 26.8. The molecule has 1 unspecified atom stereocenters. The highest BCUT2D eigenvalue weighted by Gasteiger charge is 2.33. The molecule has 1 N–H and O–H groups in total. The van der Waals surface area contributed by atoms with Gasteiger partial charge in [-0.2, -0.15) is 0 Å². The number of methoxy groups -OCH3 is 2. The quantitative estimate of drug-likeness (QED) is 0.881. The molecule has 0 aliphatic carbocycles. The summed E-state index contributed by atoms with van der Waals surface area (Å²) < 4.78 is 10.9. The third-order valence-corrected chi connectivity index (χ3v) is 5.56. The summed E-state index contributed by atoms with van der Waals surface area (Å²) in [6.45, 7) is 0.706. The molecule has 0 aromatic heterocycles. The van der Waals surface area contributed by atoms with E-state index < -0.39 is 0 Å². The summed E-state index contributed by atoms with van der Waals surface area (Å²) >= 11 is 0. The summed E-state index contributed by atoms with van der Waals surface area (Å²) in [7, 11) is 3.28. The summed E-state index contributed by atoms with van der Waals surface area (Å²) in [6.07, 6.45) is 2.95. The van der Waals surface area contributed by atoms with Crippen molar-refractivity contribution in [2.24, 2.45) is 0 Å². The molecular formula is C22H24N2O4. The minimum absolute atomic E-state index is 0.00655. The summed E-state index contributed by atoms with van der Waals surface area (Å²) in [5.74, 6) is 1.54. The van der Waals surface area contributed by atoms with Gasteiger partial charge in [-0.1, -0.05) is 0 Å². The van der Waals surface area contributed by atoms with Crippen molar-refractivity contribution in [3.63, 3.8) is 0 Å². The minimum Gasteiger partial charge on any atom is -0.497 e. The Hall–Kier alpha value is -3.02. The fraction of sp³-hybridized carbons (Fsp3) is 0.364. The van der Waals surface area contributed by atoms with Crippen LogP contribution >= 0.6 is 0 Å². The monoisotopic (exact) mass is 380 g/mol. The number of hydrogen-bond acceptors (Lipinski definition) is 4. The minimum atomic E-state index is -0.0479. The summed E-state index contributed by atoms with van der Waals surface area (Å²) in [6, 6.07) is 11.2. The second-order valence-electron chi connectivity index (χ2n) is 7.18. The molecular weight excluding hydrogens is 356 g/mol. The molecule has 2 aliphatic heterocycles. The van der Waals surface area contributed by atoms with E-state index in [1.165, 1.54) is 0 Å². The van der Waals surface area contributed by atoms with Crippen molar-refractivity contribution in [3.05, 3.63) is 53.1 Å². The average molecular weight is 380 g/mol. The fourth-order valence-electron chi connectivity index (χ4n) is 4.12. The molecule has 1 saturated heterocycles. The van der Waals surface area contributed by atoms with Gasteiger partial charge in [0.1, 0.15) is 11.5 Å². The van der Waals surface area contributed by atoms with Crippen LogP contribution in [0.5, 0.6) is 11.5 Å². The SMILES string of the molecule is COc1ccc(OC)c(C2CCCN2C(=O)c2ccc3c(c2)CCC(=O)N3)c1. The number of benzene rings is 2. The predicted octanol–water partition coefficient (Wildman–Crippen LogP) is 3.57. The molecule has 6 heteroatoms. The van der Waals surface area contributed by atoms with E-state index in [0.717, 1.165) is 41.2 Å². The number of carbonyl (C=O) groups is 2. The van der Waals surface area contributed by atoms with Gasteiger partial charge in [-0.05, 0) is 61.2 Å². The lowest BCUT2D eigenvalue weighted by Gasteiger charge is -2.27. The van der Waals surface area contributed by atoms with Crippen molar-refractivity contribution in [2.75, 3.05) is 26.1 Å². The number of carbonyl (C=O) groups excluding carboxylic acids is 2. The average Bonchev–Trinajstić information content (AvgIpc) is 3.22. The Balaban J connectivity index is 1.64. The molecule has 2 aromatic carbocycles. The lowest BCUT2D eigenvalue weighted by Crippen LogP contribution is -2.31. The Bertz CT molecular complexity index is 925. The van der Waals surface area contributed by atoms with Gasteiger partial charge in [-0.15, -0.1) is 0 Å². The molecule has 0 saturated carbocycles. The van der Waals surface area contributed by atoms with Crippen molar-refractivity contribution >= 4 is 17.5 Å². The second-order valence-corrected chi connectivity index (χ2v) is 7.18. The van der Waals surface area contributed by atoms with Crippen LogP contribution in [-0.4, -0.2) is 37.5 Å². The standard InChI is InChI=1S/C22H24N2O4/c1-27-16-7-9-20(28-2)17(13-16)19-4-3-11-24(19)22(26)15-5-8-18-14(12-15)6-10-21(25)23-18/h5,7-9,12-13,19H,3-4,6,10-11H2,1-2H3,(H,23,25). The number of hydrogen-bond donors (Lipinski definition) is 1. The molecule has 0 spiro atoms. The van der Waals surface area contributed by atoms with Gasteiger partial charge < -0.3 is 19.7 Å². The molecule has 0 radical (unpaired) electrons. The topological polar surface area (TPSA) is 67.9 Å². The molecule has 28 heavy (non-hydrogen) atoms. The molecule has 2 aromatic rings. The molecule has 1 fully saturated rings. The predicted molar refractivity (Wildman–Crippen MR) is 106 cm³/mol. The highest BCUT2D eigenvalue weighted by molar-refractivity contribution is 5.98. The highest BCUT2D eigenvalue weighted by atomic mass is 16.5. The van der Waals surface area contributed by atoms with Crippen molar-refractivity contribution in [1.29, 1.82) is 0 Å². The van der Waals surface area contributed by atoms with Crippen LogP contribution in [0.15, 0.2) is 36.4 Å². The Kier molecular flexibility index (Phi) is 4.94. The first-order chi connectivity index (χ1) is 13.6. The lowest BCUT2D eigenvalue weighted by molar-refractivity contribution is -0.116. The van der Waals surface area contributed by atoms with Gasteiger partial charge in [0.15, 0.2) is 0 Å². The van der Waals surface area contributed by atoms with Crippen LogP contribution in [0.1, 0.15) is 46.8 Å². The first-order valence-corrected chi connectivity index (χ1v) is 9.56. The Morgan fingerprint density at radius 2 is 1.96 bits per heavy atom. The molecule has 2 amide bonds. The van der Waals surface area contributed by atoms with Crippen LogP contribution < -0.4 is 14.8 Å². The molecule has 2 aliphatic rings. The number of ether oxygens (including phenoxy) is 2. The van der Waals surface area contributed by atoms with Crippen LogP contribution in [0.3, 0.4) is 0 Å². The number of anilines is 1. The van der Waals surface area contributed by atoms with E-state index in [2.05, 4.69) is 5.32 Å². The van der Waals surface area contributed by atoms with Gasteiger partial charge in [-0.25, -0.2) is 0 Å². The van der Waals surface area contributed by atoms with E-state index in [4.69, 9.17) is 9.47 Å². The van der Waals surface area contributed by atoms with Crippen LogP contribution in [0.25, 0.3) is 0 Å². The van der Waals surface area contributed by atoms with Gasteiger partial charge in [-0.3, -0.25) is 9.59 Å². The smallest absolute Gasteiger partial charge is 0.254 e. The first-order valence-electron chi connectivity index (χ1n) is 9.56. The van der Waals surface area contributed by atoms with E-state index >= 15 is 0 Å². The molecule has 6 nitrogen and oxygen atoms in total. The Morgan fingerprint density at radius 3 is 2.75 bits per heavy atom. The number of likely N-dealkylation sites (tertiary alicyclic amines) is 1. The van der Waals surface area contributed by atoms with E-state index in [1.54, 1.807) is 20.3 Å². The van der Waals surface area contributed by atoms with Gasteiger partial charge in [0, 0.05) is 29.8 Å². The third-order valence-electron chi connectivity index (χ3n) is 5.56. The number of amides is 2. The van der Waals surface area contributed by atoms with Crippen LogP contribution in [0.4, 0.5) is 5.69 Å². The Morgan fingerprint density at radius 1 is 1.11 bits per heavy atom. The number of nitrogens with zero attached hydrogens (tertiary/aromatic N) is 1. The van der Waals surface area contributed by atoms with Gasteiger partial charge in [0.05, 0.1) is 20.3 Å². The van der Waals surface area contributed by atoms with Crippen molar-refractivity contribution in [3.8, 4) is 11.5 Å². The summed E-state index contributed by atoms with van der Waals surface area (Å²) in [5, 5.41) is 2.86. The first kappa shape index (κ1) is 18.3. The number of rotatable bonds is 4. The number of nitrogens with one attached hydrogen (secondary N) is 1.